The van der Waals surface area contributed by atoms with Crippen molar-refractivity contribution >= 4 is 39.3 Å². The first-order valence-electron chi connectivity index (χ1n) is 9.92. The number of carbonyl (C=O) groups is 1. The molecular weight excluding hydrogens is 402 g/mol. The summed E-state index contributed by atoms with van der Waals surface area (Å²) in [4.78, 5) is 32.4. The van der Waals surface area contributed by atoms with Gasteiger partial charge in [0.15, 0.2) is 0 Å². The molecule has 4 aromatic rings. The van der Waals surface area contributed by atoms with E-state index in [9.17, 15) is 9.59 Å². The second kappa shape index (κ2) is 7.25. The quantitative estimate of drug-likeness (QED) is 0.509. The van der Waals surface area contributed by atoms with Gasteiger partial charge >= 0.3 is 0 Å². The fourth-order valence-corrected chi connectivity index (χ4v) is 4.43. The average molecular weight is 422 g/mol. The van der Waals surface area contributed by atoms with Gasteiger partial charge in [-0.3, -0.25) is 14.6 Å². The Morgan fingerprint density at radius 3 is 2.73 bits per heavy atom. The zero-order valence-electron chi connectivity index (χ0n) is 16.5. The first kappa shape index (κ1) is 18.8. The molecule has 4 heterocycles. The van der Waals surface area contributed by atoms with Crippen molar-refractivity contribution in [1.82, 2.24) is 24.2 Å². The highest BCUT2D eigenvalue weighted by Crippen LogP contribution is 2.31. The SMILES string of the molecule is Cn1c2cc(Cl)ccc2c2c(CC(=O)N3CCCC3)nn(-c3cccnc3)c(=O)c21. The molecule has 5 rings (SSSR count). The summed E-state index contributed by atoms with van der Waals surface area (Å²) in [7, 11) is 1.84. The molecule has 0 unspecified atom stereocenters. The fourth-order valence-electron chi connectivity index (χ4n) is 4.27. The van der Waals surface area contributed by atoms with Crippen LogP contribution in [0.5, 0.6) is 0 Å². The maximum Gasteiger partial charge on any atom is 0.296 e. The maximum absolute atomic E-state index is 13.4. The summed E-state index contributed by atoms with van der Waals surface area (Å²) in [5, 5.41) is 6.80. The molecule has 0 aliphatic carbocycles. The summed E-state index contributed by atoms with van der Waals surface area (Å²) in [6.45, 7) is 1.55. The normalized spacial score (nSPS) is 14.1. The van der Waals surface area contributed by atoms with E-state index in [0.717, 1.165) is 36.8 Å². The predicted octanol–water partition coefficient (Wildman–Crippen LogP) is 3.09. The summed E-state index contributed by atoms with van der Waals surface area (Å²) < 4.78 is 3.17. The summed E-state index contributed by atoms with van der Waals surface area (Å²) >= 11 is 6.21. The highest BCUT2D eigenvalue weighted by Gasteiger charge is 2.24. The Hall–Kier alpha value is -3.19. The fraction of sp³-hybridized carbons (Fsp3) is 0.273. The minimum atomic E-state index is -0.259. The van der Waals surface area contributed by atoms with Crippen LogP contribution >= 0.6 is 11.6 Å². The molecule has 8 heteroatoms. The van der Waals surface area contributed by atoms with Crippen LogP contribution in [0.4, 0.5) is 0 Å². The smallest absolute Gasteiger partial charge is 0.296 e. The lowest BCUT2D eigenvalue weighted by Crippen LogP contribution is -2.31. The van der Waals surface area contributed by atoms with Gasteiger partial charge in [0.1, 0.15) is 5.52 Å². The molecule has 0 radical (unpaired) electrons. The van der Waals surface area contributed by atoms with Gasteiger partial charge in [-0.1, -0.05) is 17.7 Å². The number of pyridine rings is 1. The van der Waals surface area contributed by atoms with Crippen LogP contribution in [0.2, 0.25) is 5.02 Å². The molecular formula is C22H20ClN5O2. The highest BCUT2D eigenvalue weighted by molar-refractivity contribution is 6.31. The molecule has 1 aromatic carbocycles. The van der Waals surface area contributed by atoms with Crippen LogP contribution < -0.4 is 5.56 Å². The summed E-state index contributed by atoms with van der Waals surface area (Å²) in [5.41, 5.74) is 2.21. The van der Waals surface area contributed by atoms with Crippen molar-refractivity contribution in [2.24, 2.45) is 7.05 Å². The number of likely N-dealkylation sites (tertiary alicyclic amines) is 1. The van der Waals surface area contributed by atoms with Gasteiger partial charge < -0.3 is 9.47 Å². The van der Waals surface area contributed by atoms with Gasteiger partial charge in [0.05, 0.1) is 29.5 Å². The van der Waals surface area contributed by atoms with E-state index >= 15 is 0 Å². The molecule has 152 valence electrons. The van der Waals surface area contributed by atoms with Gasteiger partial charge in [-0.2, -0.15) is 9.78 Å². The number of benzene rings is 1. The number of rotatable bonds is 3. The average Bonchev–Trinajstić information content (AvgIpc) is 3.38. The van der Waals surface area contributed by atoms with Crippen LogP contribution in [0.1, 0.15) is 18.5 Å². The van der Waals surface area contributed by atoms with Gasteiger partial charge in [0.25, 0.3) is 5.56 Å². The molecule has 1 saturated heterocycles. The Labute approximate surface area is 177 Å². The standard InChI is InChI=1S/C22H20ClN5O2/c1-26-18-11-14(23)6-7-16(18)20-17(12-19(29)27-9-2-3-10-27)25-28(22(30)21(20)26)15-5-4-8-24-13-15/h4-8,11,13H,2-3,9-10,12H2,1H3. The second-order valence-corrected chi connectivity index (χ2v) is 8.02. The zero-order valence-corrected chi connectivity index (χ0v) is 17.3. The number of fused-ring (bicyclic) bond motifs is 3. The van der Waals surface area contributed by atoms with E-state index in [1.165, 1.54) is 4.68 Å². The molecule has 0 N–H and O–H groups in total. The van der Waals surface area contributed by atoms with E-state index in [1.807, 2.05) is 28.6 Å². The largest absolute Gasteiger partial charge is 0.342 e. The highest BCUT2D eigenvalue weighted by atomic mass is 35.5. The van der Waals surface area contributed by atoms with Gasteiger partial charge in [-0.05, 0) is 37.1 Å². The molecule has 3 aromatic heterocycles. The lowest BCUT2D eigenvalue weighted by molar-refractivity contribution is -0.129. The Morgan fingerprint density at radius 2 is 2.00 bits per heavy atom. The van der Waals surface area contributed by atoms with E-state index in [4.69, 9.17) is 11.6 Å². The number of aryl methyl sites for hydroxylation is 1. The summed E-state index contributed by atoms with van der Waals surface area (Å²) in [6, 6.07) is 9.04. The van der Waals surface area contributed by atoms with E-state index in [1.54, 1.807) is 30.6 Å². The van der Waals surface area contributed by atoms with E-state index in [2.05, 4.69) is 10.1 Å². The van der Waals surface area contributed by atoms with Crippen molar-refractivity contribution in [3.8, 4) is 5.69 Å². The Morgan fingerprint density at radius 1 is 1.20 bits per heavy atom. The van der Waals surface area contributed by atoms with E-state index in [-0.39, 0.29) is 17.9 Å². The van der Waals surface area contributed by atoms with Crippen molar-refractivity contribution in [2.45, 2.75) is 19.3 Å². The van der Waals surface area contributed by atoms with Crippen LogP contribution in [-0.2, 0) is 18.3 Å². The lowest BCUT2D eigenvalue weighted by Gasteiger charge is -2.16. The first-order chi connectivity index (χ1) is 14.5. The molecule has 30 heavy (non-hydrogen) atoms. The molecule has 0 atom stereocenters. The maximum atomic E-state index is 13.4. The number of amides is 1. The molecule has 0 bridgehead atoms. The van der Waals surface area contributed by atoms with Gasteiger partial charge in [-0.15, -0.1) is 0 Å². The number of hydrogen-bond donors (Lipinski definition) is 0. The second-order valence-electron chi connectivity index (χ2n) is 7.58. The summed E-state index contributed by atoms with van der Waals surface area (Å²) in [6.07, 6.45) is 5.42. The zero-order chi connectivity index (χ0) is 20.8. The Bertz CT molecular complexity index is 1340. The molecule has 1 aliphatic rings. The molecule has 1 amide bonds. The summed E-state index contributed by atoms with van der Waals surface area (Å²) in [5.74, 6) is 0.0312. The number of carbonyl (C=O) groups excluding carboxylic acids is 1. The van der Waals surface area contributed by atoms with Crippen molar-refractivity contribution < 1.29 is 4.79 Å². The van der Waals surface area contributed by atoms with Gasteiger partial charge in [0, 0.05) is 42.1 Å². The van der Waals surface area contributed by atoms with Crippen LogP contribution in [0.3, 0.4) is 0 Å². The van der Waals surface area contributed by atoms with Crippen molar-refractivity contribution in [1.29, 1.82) is 0 Å². The van der Waals surface area contributed by atoms with Crippen LogP contribution in [0.15, 0.2) is 47.5 Å². The van der Waals surface area contributed by atoms with Crippen LogP contribution in [0, 0.1) is 0 Å². The topological polar surface area (TPSA) is 73.0 Å². The van der Waals surface area contributed by atoms with Gasteiger partial charge in [0.2, 0.25) is 5.91 Å². The van der Waals surface area contributed by atoms with Crippen molar-refractivity contribution in [3.63, 3.8) is 0 Å². The molecule has 1 aliphatic heterocycles. The molecule has 0 saturated carbocycles. The Kier molecular flexibility index (Phi) is 4.55. The monoisotopic (exact) mass is 421 g/mol. The molecule has 0 spiro atoms. The number of nitrogens with zero attached hydrogens (tertiary/aromatic N) is 5. The van der Waals surface area contributed by atoms with E-state index in [0.29, 0.717) is 27.3 Å². The third-order valence-corrected chi connectivity index (χ3v) is 5.97. The first-order valence-corrected chi connectivity index (χ1v) is 10.3. The van der Waals surface area contributed by atoms with Crippen molar-refractivity contribution in [2.75, 3.05) is 13.1 Å². The minimum absolute atomic E-state index is 0.0312. The third kappa shape index (κ3) is 2.97. The number of hydrogen-bond acceptors (Lipinski definition) is 4. The third-order valence-electron chi connectivity index (χ3n) is 5.73. The molecule has 7 nitrogen and oxygen atoms in total. The van der Waals surface area contributed by atoms with Crippen molar-refractivity contribution in [3.05, 3.63) is 63.8 Å². The Balaban J connectivity index is 1.80. The van der Waals surface area contributed by atoms with Crippen LogP contribution in [0.25, 0.3) is 27.5 Å². The number of halogens is 1. The predicted molar refractivity (Wildman–Crippen MR) is 116 cm³/mol. The number of aromatic nitrogens is 4. The van der Waals surface area contributed by atoms with Crippen LogP contribution in [-0.4, -0.2) is 43.2 Å². The minimum Gasteiger partial charge on any atom is -0.342 e. The van der Waals surface area contributed by atoms with E-state index < -0.39 is 0 Å². The molecule has 1 fully saturated rings. The van der Waals surface area contributed by atoms with Gasteiger partial charge in [-0.25, -0.2) is 0 Å². The lowest BCUT2D eigenvalue weighted by atomic mass is 10.1.